The highest BCUT2D eigenvalue weighted by Gasteiger charge is 2.29. The van der Waals surface area contributed by atoms with Crippen molar-refractivity contribution >= 4 is 11.5 Å². The van der Waals surface area contributed by atoms with Crippen molar-refractivity contribution in [3.05, 3.63) is 59.7 Å². The Bertz CT molecular complexity index is 857. The zero-order valence-corrected chi connectivity index (χ0v) is 14.1. The molecule has 1 unspecified atom stereocenters. The summed E-state index contributed by atoms with van der Waals surface area (Å²) in [5.74, 6) is 0.344. The lowest BCUT2D eigenvalue weighted by Crippen LogP contribution is -2.41. The zero-order valence-electron chi connectivity index (χ0n) is 14.1. The molecule has 0 N–H and O–H groups in total. The highest BCUT2D eigenvalue weighted by Crippen LogP contribution is 2.26. The first-order chi connectivity index (χ1) is 12.2. The van der Waals surface area contributed by atoms with Crippen LogP contribution in [0.4, 0.5) is 0 Å². The van der Waals surface area contributed by atoms with E-state index in [0.717, 1.165) is 43.6 Å². The number of imidazole rings is 1. The molecular weight excluding hydrogens is 312 g/mol. The molecule has 25 heavy (non-hydrogen) atoms. The average Bonchev–Trinajstić information content (AvgIpc) is 3.15. The molecule has 126 valence electrons. The van der Waals surface area contributed by atoms with Crippen molar-refractivity contribution in [3.8, 4) is 6.07 Å². The van der Waals surface area contributed by atoms with E-state index in [2.05, 4.69) is 21.7 Å². The number of nitrogens with zero attached hydrogens (tertiary/aromatic N) is 4. The van der Waals surface area contributed by atoms with Crippen LogP contribution in [0, 0.1) is 17.2 Å². The molecule has 2 aromatic rings. The third-order valence-corrected chi connectivity index (χ3v) is 5.23. The number of benzene rings is 1. The van der Waals surface area contributed by atoms with Crippen LogP contribution in [0.5, 0.6) is 0 Å². The molecule has 5 nitrogen and oxygen atoms in total. The minimum atomic E-state index is 0.0778. The first-order valence-electron chi connectivity index (χ1n) is 8.72. The molecule has 1 atom stereocenters. The van der Waals surface area contributed by atoms with Gasteiger partial charge in [-0.15, -0.1) is 0 Å². The van der Waals surface area contributed by atoms with Crippen molar-refractivity contribution in [1.82, 2.24) is 14.5 Å². The summed E-state index contributed by atoms with van der Waals surface area (Å²) >= 11 is 0. The Kier molecular flexibility index (Phi) is 4.10. The summed E-state index contributed by atoms with van der Waals surface area (Å²) in [4.78, 5) is 19.0. The lowest BCUT2D eigenvalue weighted by atomic mass is 9.93. The second-order valence-electron chi connectivity index (χ2n) is 6.72. The summed E-state index contributed by atoms with van der Waals surface area (Å²) in [6.07, 6.45) is 8.42. The molecule has 0 saturated heterocycles. The standard InChI is InChI=1S/C20H20N4O/c21-12-15-1-3-16(4-2-15)17-5-8-23(9-6-17)20(25)18-7-10-24-14-22-13-19(24)11-18/h1-5,13-14,18H,6-11H2. The fraction of sp³-hybridized carbons (Fsp3) is 0.350. The van der Waals surface area contributed by atoms with Crippen LogP contribution in [0.15, 0.2) is 42.9 Å². The first kappa shape index (κ1) is 15.6. The van der Waals surface area contributed by atoms with Crippen LogP contribution < -0.4 is 0 Å². The van der Waals surface area contributed by atoms with Crippen LogP contribution in [0.3, 0.4) is 0 Å². The van der Waals surface area contributed by atoms with Crippen molar-refractivity contribution < 1.29 is 4.79 Å². The van der Waals surface area contributed by atoms with Gasteiger partial charge in [-0.25, -0.2) is 4.98 Å². The Balaban J connectivity index is 1.41. The van der Waals surface area contributed by atoms with Gasteiger partial charge in [0.2, 0.25) is 5.91 Å². The Hall–Kier alpha value is -2.87. The minimum absolute atomic E-state index is 0.0778. The number of carbonyl (C=O) groups excluding carboxylic acids is 1. The number of carbonyl (C=O) groups is 1. The topological polar surface area (TPSA) is 61.9 Å². The van der Waals surface area contributed by atoms with Crippen LogP contribution in [-0.2, 0) is 17.8 Å². The number of aromatic nitrogens is 2. The van der Waals surface area contributed by atoms with Gasteiger partial charge in [-0.05, 0) is 36.1 Å². The van der Waals surface area contributed by atoms with Crippen LogP contribution in [-0.4, -0.2) is 33.4 Å². The highest BCUT2D eigenvalue weighted by molar-refractivity contribution is 5.81. The fourth-order valence-electron chi connectivity index (χ4n) is 3.73. The predicted octanol–water partition coefficient (Wildman–Crippen LogP) is 2.63. The predicted molar refractivity (Wildman–Crippen MR) is 94.4 cm³/mol. The van der Waals surface area contributed by atoms with Gasteiger partial charge in [-0.1, -0.05) is 18.2 Å². The number of nitriles is 1. The van der Waals surface area contributed by atoms with E-state index in [1.807, 2.05) is 41.7 Å². The second kappa shape index (κ2) is 6.56. The van der Waals surface area contributed by atoms with Crippen molar-refractivity contribution in [1.29, 1.82) is 5.26 Å². The largest absolute Gasteiger partial charge is 0.338 e. The number of rotatable bonds is 2. The van der Waals surface area contributed by atoms with Crippen molar-refractivity contribution in [3.63, 3.8) is 0 Å². The van der Waals surface area contributed by atoms with Gasteiger partial charge in [-0.2, -0.15) is 5.26 Å². The van der Waals surface area contributed by atoms with E-state index in [-0.39, 0.29) is 11.8 Å². The number of hydrogen-bond donors (Lipinski definition) is 0. The molecule has 1 amide bonds. The van der Waals surface area contributed by atoms with E-state index in [1.54, 1.807) is 0 Å². The monoisotopic (exact) mass is 332 g/mol. The maximum Gasteiger partial charge on any atom is 0.226 e. The molecular formula is C20H20N4O. The summed E-state index contributed by atoms with van der Waals surface area (Å²) in [5, 5.41) is 8.89. The van der Waals surface area contributed by atoms with Crippen LogP contribution in [0.2, 0.25) is 0 Å². The van der Waals surface area contributed by atoms with Crippen LogP contribution >= 0.6 is 0 Å². The highest BCUT2D eigenvalue weighted by atomic mass is 16.2. The normalized spacial score (nSPS) is 19.7. The molecule has 5 heteroatoms. The molecule has 0 spiro atoms. The SMILES string of the molecule is N#Cc1ccc(C2=CCN(C(=O)C3CCn4cncc4C3)CC2)cc1. The third kappa shape index (κ3) is 3.08. The van der Waals surface area contributed by atoms with E-state index < -0.39 is 0 Å². The summed E-state index contributed by atoms with van der Waals surface area (Å²) in [7, 11) is 0. The van der Waals surface area contributed by atoms with Gasteiger partial charge in [0.15, 0.2) is 0 Å². The van der Waals surface area contributed by atoms with Gasteiger partial charge in [0.1, 0.15) is 0 Å². The number of aryl methyl sites for hydroxylation is 1. The number of fused-ring (bicyclic) bond motifs is 1. The lowest BCUT2D eigenvalue weighted by molar-refractivity contribution is -0.135. The van der Waals surface area contributed by atoms with Crippen molar-refractivity contribution in [2.45, 2.75) is 25.8 Å². The fourth-order valence-corrected chi connectivity index (χ4v) is 3.73. The summed E-state index contributed by atoms with van der Waals surface area (Å²) in [6.45, 7) is 2.32. The Morgan fingerprint density at radius 3 is 2.80 bits per heavy atom. The second-order valence-corrected chi connectivity index (χ2v) is 6.72. The summed E-state index contributed by atoms with van der Waals surface area (Å²) < 4.78 is 2.14. The maximum atomic E-state index is 12.8. The molecule has 4 rings (SSSR count). The average molecular weight is 332 g/mol. The van der Waals surface area contributed by atoms with Gasteiger partial charge in [0.05, 0.1) is 18.0 Å². The molecule has 0 saturated carbocycles. The molecule has 2 aliphatic heterocycles. The Labute approximate surface area is 147 Å². The summed E-state index contributed by atoms with van der Waals surface area (Å²) in [5.41, 5.74) is 4.24. The van der Waals surface area contributed by atoms with Crippen LogP contribution in [0.25, 0.3) is 5.57 Å². The van der Waals surface area contributed by atoms with E-state index in [0.29, 0.717) is 12.1 Å². The van der Waals surface area contributed by atoms with Gasteiger partial charge >= 0.3 is 0 Å². The van der Waals surface area contributed by atoms with Crippen molar-refractivity contribution in [2.75, 3.05) is 13.1 Å². The third-order valence-electron chi connectivity index (χ3n) is 5.23. The van der Waals surface area contributed by atoms with E-state index in [4.69, 9.17) is 5.26 Å². The Morgan fingerprint density at radius 2 is 2.08 bits per heavy atom. The zero-order chi connectivity index (χ0) is 17.2. The lowest BCUT2D eigenvalue weighted by Gasteiger charge is -2.32. The quantitative estimate of drug-likeness (QED) is 0.849. The maximum absolute atomic E-state index is 12.8. The number of amides is 1. The molecule has 3 heterocycles. The molecule has 2 aliphatic rings. The molecule has 1 aromatic carbocycles. The molecule has 0 aliphatic carbocycles. The van der Waals surface area contributed by atoms with Crippen molar-refractivity contribution in [2.24, 2.45) is 5.92 Å². The minimum Gasteiger partial charge on any atom is -0.338 e. The number of hydrogen-bond acceptors (Lipinski definition) is 3. The van der Waals surface area contributed by atoms with E-state index in [9.17, 15) is 4.79 Å². The first-order valence-corrected chi connectivity index (χ1v) is 8.72. The van der Waals surface area contributed by atoms with Gasteiger partial charge in [-0.3, -0.25) is 4.79 Å². The van der Waals surface area contributed by atoms with Gasteiger partial charge < -0.3 is 9.47 Å². The molecule has 1 aromatic heterocycles. The Morgan fingerprint density at radius 1 is 1.24 bits per heavy atom. The van der Waals surface area contributed by atoms with Gasteiger partial charge in [0, 0.05) is 43.9 Å². The molecule has 0 bridgehead atoms. The van der Waals surface area contributed by atoms with E-state index in [1.165, 1.54) is 5.57 Å². The summed E-state index contributed by atoms with van der Waals surface area (Å²) in [6, 6.07) is 9.81. The van der Waals surface area contributed by atoms with Gasteiger partial charge in [0.25, 0.3) is 0 Å². The van der Waals surface area contributed by atoms with E-state index >= 15 is 0 Å². The smallest absolute Gasteiger partial charge is 0.226 e. The molecule has 0 radical (unpaired) electrons. The molecule has 0 fully saturated rings. The van der Waals surface area contributed by atoms with Crippen LogP contribution in [0.1, 0.15) is 29.7 Å².